The number of hydrogen-bond acceptors (Lipinski definition) is 4. The van der Waals surface area contributed by atoms with E-state index in [-0.39, 0.29) is 11.8 Å². The van der Waals surface area contributed by atoms with Crippen molar-refractivity contribution in [1.82, 2.24) is 10.3 Å². The molecule has 0 saturated heterocycles. The molecule has 6 nitrogen and oxygen atoms in total. The van der Waals surface area contributed by atoms with E-state index in [0.29, 0.717) is 5.82 Å². The van der Waals surface area contributed by atoms with Crippen molar-refractivity contribution in [3.63, 3.8) is 0 Å². The number of carbonyl (C=O) groups excluding carboxylic acids is 2. The van der Waals surface area contributed by atoms with E-state index < -0.39 is 17.7 Å². The van der Waals surface area contributed by atoms with Gasteiger partial charge in [0.1, 0.15) is 17.5 Å². The van der Waals surface area contributed by atoms with E-state index in [4.69, 9.17) is 4.74 Å². The summed E-state index contributed by atoms with van der Waals surface area (Å²) in [6, 6.07) is 2.90. The summed E-state index contributed by atoms with van der Waals surface area (Å²) in [6.45, 7) is 5.40. The molecule has 1 unspecified atom stereocenters. The van der Waals surface area contributed by atoms with Crippen molar-refractivity contribution in [2.45, 2.75) is 64.5 Å². The van der Waals surface area contributed by atoms with Gasteiger partial charge in [-0.3, -0.25) is 4.79 Å². The predicted molar refractivity (Wildman–Crippen MR) is 100 cm³/mol. The third-order valence-corrected chi connectivity index (χ3v) is 4.52. The lowest BCUT2D eigenvalue weighted by atomic mass is 9.83. The molecule has 25 heavy (non-hydrogen) atoms. The molecule has 1 aliphatic rings. The van der Waals surface area contributed by atoms with E-state index in [1.165, 1.54) is 6.42 Å². The molecule has 1 atom stereocenters. The van der Waals surface area contributed by atoms with Gasteiger partial charge in [0.15, 0.2) is 0 Å². The molecule has 1 heterocycles. The maximum atomic E-state index is 12.8. The average Bonchev–Trinajstić information content (AvgIpc) is 2.54. The fraction of sp³-hybridized carbons (Fsp3) is 0.611. The summed E-state index contributed by atoms with van der Waals surface area (Å²) in [7, 11) is 0. The van der Waals surface area contributed by atoms with Crippen molar-refractivity contribution >= 4 is 33.7 Å². The Morgan fingerprint density at radius 1 is 1.24 bits per heavy atom. The first-order valence-electron chi connectivity index (χ1n) is 8.66. The van der Waals surface area contributed by atoms with Crippen LogP contribution < -0.4 is 10.6 Å². The number of halogens is 1. The highest BCUT2D eigenvalue weighted by Crippen LogP contribution is 2.27. The minimum atomic E-state index is -0.624. The molecule has 0 spiro atoms. The van der Waals surface area contributed by atoms with Gasteiger partial charge in [-0.2, -0.15) is 0 Å². The SMILES string of the molecule is CC(C)(C)OC(=O)NC(C(=O)Nc1ccc(Br)cn1)C1CCCCC1. The van der Waals surface area contributed by atoms with Crippen LogP contribution in [0, 0.1) is 5.92 Å². The van der Waals surface area contributed by atoms with Crippen LogP contribution in [-0.2, 0) is 9.53 Å². The first-order chi connectivity index (χ1) is 11.7. The highest BCUT2D eigenvalue weighted by atomic mass is 79.9. The topological polar surface area (TPSA) is 80.3 Å². The normalized spacial score (nSPS) is 16.8. The molecule has 1 aromatic heterocycles. The predicted octanol–water partition coefficient (Wildman–Crippen LogP) is 4.26. The van der Waals surface area contributed by atoms with Crippen LogP contribution in [0.2, 0.25) is 0 Å². The Kier molecular flexibility index (Phi) is 6.81. The second-order valence-corrected chi connectivity index (χ2v) is 8.29. The molecule has 1 aromatic rings. The van der Waals surface area contributed by atoms with E-state index in [1.807, 2.05) is 0 Å². The Morgan fingerprint density at radius 2 is 1.92 bits per heavy atom. The molecule has 7 heteroatoms. The van der Waals surface area contributed by atoms with Crippen molar-refractivity contribution in [2.24, 2.45) is 5.92 Å². The second kappa shape index (κ2) is 8.65. The number of pyridine rings is 1. The van der Waals surface area contributed by atoms with E-state index >= 15 is 0 Å². The van der Waals surface area contributed by atoms with Gasteiger partial charge in [0.25, 0.3) is 0 Å². The molecule has 0 bridgehead atoms. The number of rotatable bonds is 4. The quantitative estimate of drug-likeness (QED) is 0.775. The van der Waals surface area contributed by atoms with Gasteiger partial charge in [-0.15, -0.1) is 0 Å². The Morgan fingerprint density at radius 3 is 2.48 bits per heavy atom. The van der Waals surface area contributed by atoms with Crippen molar-refractivity contribution in [2.75, 3.05) is 5.32 Å². The zero-order valence-electron chi connectivity index (χ0n) is 15.0. The highest BCUT2D eigenvalue weighted by Gasteiger charge is 2.32. The summed E-state index contributed by atoms with van der Waals surface area (Å²) in [6.07, 6.45) is 6.20. The number of nitrogens with one attached hydrogen (secondary N) is 2. The summed E-state index contributed by atoms with van der Waals surface area (Å²) in [5.41, 5.74) is -0.606. The number of carbonyl (C=O) groups is 2. The number of nitrogens with zero attached hydrogens (tertiary/aromatic N) is 1. The van der Waals surface area contributed by atoms with Crippen LogP contribution in [0.25, 0.3) is 0 Å². The molecular weight excluding hydrogens is 386 g/mol. The third-order valence-electron chi connectivity index (χ3n) is 4.05. The van der Waals surface area contributed by atoms with Gasteiger partial charge >= 0.3 is 6.09 Å². The van der Waals surface area contributed by atoms with Crippen molar-refractivity contribution < 1.29 is 14.3 Å². The second-order valence-electron chi connectivity index (χ2n) is 7.37. The maximum Gasteiger partial charge on any atom is 0.408 e. The Balaban J connectivity index is 2.08. The maximum absolute atomic E-state index is 12.8. The molecular formula is C18H26BrN3O3. The number of ether oxygens (including phenoxy) is 1. The molecule has 1 saturated carbocycles. The summed E-state index contributed by atoms with van der Waals surface area (Å²) in [4.78, 5) is 29.1. The fourth-order valence-electron chi connectivity index (χ4n) is 2.95. The van der Waals surface area contributed by atoms with Crippen LogP contribution in [-0.4, -0.2) is 28.6 Å². The van der Waals surface area contributed by atoms with Crippen LogP contribution in [0.3, 0.4) is 0 Å². The zero-order chi connectivity index (χ0) is 18.4. The molecule has 1 aliphatic carbocycles. The molecule has 0 radical (unpaired) electrons. The molecule has 1 fully saturated rings. The van der Waals surface area contributed by atoms with Gasteiger partial charge < -0.3 is 15.4 Å². The first-order valence-corrected chi connectivity index (χ1v) is 9.46. The zero-order valence-corrected chi connectivity index (χ0v) is 16.6. The van der Waals surface area contributed by atoms with Crippen LogP contribution in [0.1, 0.15) is 52.9 Å². The fourth-order valence-corrected chi connectivity index (χ4v) is 3.19. The Labute approximate surface area is 157 Å². The highest BCUT2D eigenvalue weighted by molar-refractivity contribution is 9.10. The Bertz CT molecular complexity index is 593. The van der Waals surface area contributed by atoms with Gasteiger partial charge in [-0.1, -0.05) is 19.3 Å². The largest absolute Gasteiger partial charge is 0.444 e. The van der Waals surface area contributed by atoms with Crippen LogP contribution >= 0.6 is 15.9 Å². The lowest BCUT2D eigenvalue weighted by Crippen LogP contribution is -2.50. The number of amides is 2. The molecule has 2 rings (SSSR count). The average molecular weight is 412 g/mol. The number of alkyl carbamates (subject to hydrolysis) is 1. The lowest BCUT2D eigenvalue weighted by molar-refractivity contribution is -0.119. The van der Waals surface area contributed by atoms with Gasteiger partial charge in [-0.05, 0) is 67.6 Å². The van der Waals surface area contributed by atoms with E-state index in [0.717, 1.165) is 30.2 Å². The van der Waals surface area contributed by atoms with E-state index in [2.05, 4.69) is 31.5 Å². The van der Waals surface area contributed by atoms with Crippen LogP contribution in [0.4, 0.5) is 10.6 Å². The standard InChI is InChI=1S/C18H26BrN3O3/c1-18(2,3)25-17(24)22-15(12-7-5-4-6-8-12)16(23)21-14-10-9-13(19)11-20-14/h9-12,15H,4-8H2,1-3H3,(H,22,24)(H,20,21,23). The van der Waals surface area contributed by atoms with Crippen molar-refractivity contribution in [3.8, 4) is 0 Å². The lowest BCUT2D eigenvalue weighted by Gasteiger charge is -2.30. The minimum absolute atomic E-state index is 0.108. The van der Waals surface area contributed by atoms with Gasteiger partial charge in [0.05, 0.1) is 0 Å². The van der Waals surface area contributed by atoms with E-state index in [1.54, 1.807) is 39.1 Å². The summed E-state index contributed by atoms with van der Waals surface area (Å²) >= 11 is 3.32. The summed E-state index contributed by atoms with van der Waals surface area (Å²) < 4.78 is 6.16. The van der Waals surface area contributed by atoms with Gasteiger partial charge in [0.2, 0.25) is 5.91 Å². The van der Waals surface area contributed by atoms with E-state index in [9.17, 15) is 9.59 Å². The number of aromatic nitrogens is 1. The van der Waals surface area contributed by atoms with Gasteiger partial charge in [0, 0.05) is 10.7 Å². The smallest absolute Gasteiger partial charge is 0.408 e. The molecule has 0 aromatic carbocycles. The molecule has 138 valence electrons. The summed E-state index contributed by atoms with van der Waals surface area (Å²) in [5.74, 6) is 0.310. The van der Waals surface area contributed by atoms with Crippen molar-refractivity contribution in [1.29, 1.82) is 0 Å². The Hall–Kier alpha value is -1.63. The number of anilines is 1. The molecule has 2 amide bonds. The van der Waals surface area contributed by atoms with Crippen molar-refractivity contribution in [3.05, 3.63) is 22.8 Å². The third kappa shape index (κ3) is 6.65. The molecule has 0 aliphatic heterocycles. The molecule has 2 N–H and O–H groups in total. The monoisotopic (exact) mass is 411 g/mol. The van der Waals surface area contributed by atoms with Gasteiger partial charge in [-0.25, -0.2) is 9.78 Å². The minimum Gasteiger partial charge on any atom is -0.444 e. The first kappa shape index (κ1) is 19.7. The van der Waals surface area contributed by atoms with Crippen LogP contribution in [0.5, 0.6) is 0 Å². The summed E-state index contributed by atoms with van der Waals surface area (Å²) in [5, 5.41) is 5.56. The number of hydrogen-bond donors (Lipinski definition) is 2. The van der Waals surface area contributed by atoms with Crippen LogP contribution in [0.15, 0.2) is 22.8 Å².